The van der Waals surface area contributed by atoms with E-state index in [1.54, 1.807) is 30.3 Å². The summed E-state index contributed by atoms with van der Waals surface area (Å²) in [6.45, 7) is 9.04. The fraction of sp³-hybridized carbons (Fsp3) is 0.278. The van der Waals surface area contributed by atoms with Crippen LogP contribution in [0.1, 0.15) is 43.0 Å². The Hall–Kier alpha value is -4.14. The quantitative estimate of drug-likeness (QED) is 0.197. The Balaban J connectivity index is 1.81. The highest BCUT2D eigenvalue weighted by Crippen LogP contribution is 2.27. The van der Waals surface area contributed by atoms with Gasteiger partial charge in [0.05, 0.1) is 10.6 Å². The summed E-state index contributed by atoms with van der Waals surface area (Å²) in [6.07, 6.45) is 0.238. The fourth-order valence-electron chi connectivity index (χ4n) is 4.89. The van der Waals surface area contributed by atoms with E-state index in [0.29, 0.717) is 5.02 Å². The van der Waals surface area contributed by atoms with Gasteiger partial charge in [0.2, 0.25) is 11.8 Å². The van der Waals surface area contributed by atoms with Crippen molar-refractivity contribution >= 4 is 39.1 Å². The van der Waals surface area contributed by atoms with Crippen molar-refractivity contribution in [2.45, 2.75) is 64.1 Å². The molecule has 0 heterocycles. The molecule has 4 aromatic rings. The average molecular weight is 646 g/mol. The number of nitrogens with one attached hydrogen (secondary N) is 1. The number of carbonyl (C=O) groups is 2. The van der Waals surface area contributed by atoms with Crippen LogP contribution in [0.15, 0.2) is 108 Å². The monoisotopic (exact) mass is 645 g/mol. The molecule has 0 saturated heterocycles. The Morgan fingerprint density at radius 2 is 1.40 bits per heavy atom. The van der Waals surface area contributed by atoms with Gasteiger partial charge in [-0.25, -0.2) is 8.42 Å². The highest BCUT2D eigenvalue weighted by molar-refractivity contribution is 7.92. The van der Waals surface area contributed by atoms with Crippen molar-refractivity contribution in [1.82, 2.24) is 10.2 Å². The van der Waals surface area contributed by atoms with Crippen LogP contribution in [0.5, 0.6) is 0 Å². The van der Waals surface area contributed by atoms with Gasteiger partial charge >= 0.3 is 0 Å². The second-order valence-corrected chi connectivity index (χ2v) is 14.6. The number of sulfonamides is 1. The van der Waals surface area contributed by atoms with Crippen LogP contribution in [-0.2, 0) is 32.6 Å². The van der Waals surface area contributed by atoms with E-state index in [9.17, 15) is 18.0 Å². The smallest absolute Gasteiger partial charge is 0.264 e. The Morgan fingerprint density at radius 3 is 1.98 bits per heavy atom. The first-order valence-corrected chi connectivity index (χ1v) is 16.6. The molecule has 0 aliphatic carbocycles. The van der Waals surface area contributed by atoms with E-state index in [2.05, 4.69) is 5.32 Å². The first-order chi connectivity index (χ1) is 21.2. The van der Waals surface area contributed by atoms with Gasteiger partial charge in [-0.15, -0.1) is 0 Å². The largest absolute Gasteiger partial charge is 0.350 e. The summed E-state index contributed by atoms with van der Waals surface area (Å²) in [7, 11) is -4.20. The summed E-state index contributed by atoms with van der Waals surface area (Å²) < 4.78 is 29.3. The SMILES string of the molecule is Cc1ccc(CN(C(=O)CN(c2cccc(Cl)c2)S(=O)(=O)c2ccc(C)cc2)[C@H](Cc2ccccc2)C(=O)NC(C)(C)C)cc1. The third kappa shape index (κ3) is 9.19. The van der Waals surface area contributed by atoms with Crippen LogP contribution < -0.4 is 9.62 Å². The van der Waals surface area contributed by atoms with E-state index >= 15 is 0 Å². The summed E-state index contributed by atoms with van der Waals surface area (Å²) in [5, 5.41) is 3.37. The molecular weight excluding hydrogens is 606 g/mol. The molecule has 0 spiro atoms. The van der Waals surface area contributed by atoms with Gasteiger partial charge in [0.1, 0.15) is 12.6 Å². The van der Waals surface area contributed by atoms with Crippen LogP contribution in [-0.4, -0.2) is 43.3 Å². The van der Waals surface area contributed by atoms with Gasteiger partial charge in [0.25, 0.3) is 10.0 Å². The maximum Gasteiger partial charge on any atom is 0.264 e. The first-order valence-electron chi connectivity index (χ1n) is 14.8. The molecule has 7 nitrogen and oxygen atoms in total. The molecule has 4 aromatic carbocycles. The zero-order chi connectivity index (χ0) is 32.8. The zero-order valence-corrected chi connectivity index (χ0v) is 27.9. The van der Waals surface area contributed by atoms with E-state index < -0.39 is 34.1 Å². The molecule has 0 radical (unpaired) electrons. The molecule has 0 unspecified atom stereocenters. The molecule has 0 bridgehead atoms. The summed E-state index contributed by atoms with van der Waals surface area (Å²) in [5.74, 6) is -0.862. The standard InChI is InChI=1S/C36H40ClN3O4S/c1-26-14-18-29(19-15-26)24-39(33(35(42)38-36(3,4)5)22-28-10-7-6-8-11-28)34(41)25-40(31-13-9-12-30(37)23-31)45(43,44)32-20-16-27(2)17-21-32/h6-21,23,33H,22,24-25H2,1-5H3,(H,38,42)/t33-/m1/s1. The Morgan fingerprint density at radius 1 is 0.800 bits per heavy atom. The molecule has 4 rings (SSSR count). The van der Waals surface area contributed by atoms with Crippen LogP contribution in [0.4, 0.5) is 5.69 Å². The lowest BCUT2D eigenvalue weighted by atomic mass is 10.0. The molecule has 0 aromatic heterocycles. The minimum atomic E-state index is -4.20. The number of anilines is 1. The second-order valence-electron chi connectivity index (χ2n) is 12.3. The van der Waals surface area contributed by atoms with Crippen LogP contribution in [0.2, 0.25) is 5.02 Å². The Kier molecular flexibility index (Phi) is 10.7. The van der Waals surface area contributed by atoms with Gasteiger partial charge in [-0.05, 0) is 76.1 Å². The average Bonchev–Trinajstić information content (AvgIpc) is 2.98. The van der Waals surface area contributed by atoms with Crippen molar-refractivity contribution in [3.05, 3.63) is 130 Å². The van der Waals surface area contributed by atoms with Crippen LogP contribution in [0, 0.1) is 13.8 Å². The highest BCUT2D eigenvalue weighted by atomic mass is 35.5. The predicted octanol–water partition coefficient (Wildman–Crippen LogP) is 6.71. The number of hydrogen-bond donors (Lipinski definition) is 1. The number of amides is 2. The minimum Gasteiger partial charge on any atom is -0.350 e. The van der Waals surface area contributed by atoms with E-state index in [1.807, 2.05) is 89.2 Å². The first kappa shape index (κ1) is 33.7. The minimum absolute atomic E-state index is 0.0391. The number of aryl methyl sites for hydroxylation is 2. The number of hydrogen-bond acceptors (Lipinski definition) is 4. The number of nitrogens with zero attached hydrogens (tertiary/aromatic N) is 2. The molecule has 0 saturated carbocycles. The van der Waals surface area contributed by atoms with Gasteiger partial charge in [-0.2, -0.15) is 0 Å². The molecule has 0 aliphatic rings. The third-order valence-corrected chi connectivity index (χ3v) is 9.25. The van der Waals surface area contributed by atoms with Gasteiger partial charge in [-0.1, -0.05) is 95.5 Å². The van der Waals surface area contributed by atoms with Crippen LogP contribution in [0.25, 0.3) is 0 Å². The van der Waals surface area contributed by atoms with Crippen molar-refractivity contribution in [3.63, 3.8) is 0 Å². The number of rotatable bonds is 11. The van der Waals surface area contributed by atoms with Crippen molar-refractivity contribution in [1.29, 1.82) is 0 Å². The molecule has 0 fully saturated rings. The van der Waals surface area contributed by atoms with Gasteiger partial charge in [0.15, 0.2) is 0 Å². The van der Waals surface area contributed by atoms with Crippen LogP contribution >= 0.6 is 11.6 Å². The molecule has 236 valence electrons. The molecule has 9 heteroatoms. The lowest BCUT2D eigenvalue weighted by Gasteiger charge is -2.35. The summed E-state index contributed by atoms with van der Waals surface area (Å²) in [4.78, 5) is 30.0. The van der Waals surface area contributed by atoms with Crippen molar-refractivity contribution in [2.24, 2.45) is 0 Å². The van der Waals surface area contributed by atoms with E-state index in [1.165, 1.54) is 23.1 Å². The summed E-state index contributed by atoms with van der Waals surface area (Å²) in [5.41, 5.74) is 3.31. The molecule has 1 atom stereocenters. The highest BCUT2D eigenvalue weighted by Gasteiger charge is 2.35. The maximum absolute atomic E-state index is 14.5. The third-order valence-electron chi connectivity index (χ3n) is 7.23. The summed E-state index contributed by atoms with van der Waals surface area (Å²) in [6, 6.07) is 29.1. The van der Waals surface area contributed by atoms with Gasteiger partial charge in [-0.3, -0.25) is 13.9 Å². The second kappa shape index (κ2) is 14.3. The van der Waals surface area contributed by atoms with E-state index in [0.717, 1.165) is 26.6 Å². The maximum atomic E-state index is 14.5. The summed E-state index contributed by atoms with van der Waals surface area (Å²) >= 11 is 6.30. The Bertz CT molecular complexity index is 1720. The lowest BCUT2D eigenvalue weighted by Crippen LogP contribution is -2.56. The van der Waals surface area contributed by atoms with E-state index in [-0.39, 0.29) is 29.5 Å². The van der Waals surface area contributed by atoms with Crippen molar-refractivity contribution in [2.75, 3.05) is 10.8 Å². The number of halogens is 1. The molecule has 2 amide bonds. The topological polar surface area (TPSA) is 86.8 Å². The van der Waals surface area contributed by atoms with Crippen molar-refractivity contribution < 1.29 is 18.0 Å². The molecule has 1 N–H and O–H groups in total. The molecular formula is C36H40ClN3O4S. The Labute approximate surface area is 271 Å². The lowest BCUT2D eigenvalue weighted by molar-refractivity contribution is -0.140. The van der Waals surface area contributed by atoms with E-state index in [4.69, 9.17) is 11.6 Å². The number of benzene rings is 4. The zero-order valence-electron chi connectivity index (χ0n) is 26.3. The van der Waals surface area contributed by atoms with Gasteiger partial charge < -0.3 is 10.2 Å². The van der Waals surface area contributed by atoms with Gasteiger partial charge in [0, 0.05) is 23.5 Å². The molecule has 45 heavy (non-hydrogen) atoms. The fourth-order valence-corrected chi connectivity index (χ4v) is 6.49. The van der Waals surface area contributed by atoms with Crippen molar-refractivity contribution in [3.8, 4) is 0 Å². The predicted molar refractivity (Wildman–Crippen MR) is 181 cm³/mol. The van der Waals surface area contributed by atoms with Crippen LogP contribution in [0.3, 0.4) is 0 Å². The number of carbonyl (C=O) groups excluding carboxylic acids is 2. The molecule has 0 aliphatic heterocycles. The normalized spacial score (nSPS) is 12.3.